The Labute approximate surface area is 210 Å². The molecule has 0 spiro atoms. The number of halogens is 3. The maximum absolute atomic E-state index is 13.8. The molecule has 194 valence electrons. The van der Waals surface area contributed by atoms with Crippen LogP contribution in [0.3, 0.4) is 0 Å². The van der Waals surface area contributed by atoms with Gasteiger partial charge in [-0.2, -0.15) is 0 Å². The quantitative estimate of drug-likeness (QED) is 0.385. The van der Waals surface area contributed by atoms with E-state index in [-0.39, 0.29) is 17.7 Å². The summed E-state index contributed by atoms with van der Waals surface area (Å²) in [6, 6.07) is 7.30. The average molecular weight is 502 g/mol. The number of benzene rings is 2. The summed E-state index contributed by atoms with van der Waals surface area (Å²) < 4.78 is 46.1. The highest BCUT2D eigenvalue weighted by atomic mass is 19.1. The van der Waals surface area contributed by atoms with Crippen molar-refractivity contribution in [2.45, 2.75) is 39.0 Å². The van der Waals surface area contributed by atoms with Gasteiger partial charge >= 0.3 is 0 Å². The lowest BCUT2D eigenvalue weighted by Gasteiger charge is -2.41. The van der Waals surface area contributed by atoms with Gasteiger partial charge in [0.15, 0.2) is 11.6 Å². The first-order valence-electron chi connectivity index (χ1n) is 12.5. The van der Waals surface area contributed by atoms with Crippen molar-refractivity contribution < 1.29 is 23.0 Å². The molecule has 3 aromatic rings. The van der Waals surface area contributed by atoms with E-state index in [0.29, 0.717) is 25.2 Å². The van der Waals surface area contributed by atoms with Crippen LogP contribution in [-0.4, -0.2) is 54.9 Å². The number of anilines is 1. The van der Waals surface area contributed by atoms with E-state index in [1.807, 2.05) is 24.4 Å². The molecule has 5 nitrogen and oxygen atoms in total. The predicted octanol–water partition coefficient (Wildman–Crippen LogP) is 5.48. The Morgan fingerprint density at radius 3 is 2.50 bits per heavy atom. The highest BCUT2D eigenvalue weighted by molar-refractivity contribution is 5.84. The maximum atomic E-state index is 13.8. The van der Waals surface area contributed by atoms with Crippen molar-refractivity contribution in [2.24, 2.45) is 5.41 Å². The number of rotatable bonds is 10. The number of aliphatic hydroxyl groups excluding tert-OH is 1. The number of likely N-dealkylation sites (tertiary alicyclic amines) is 1. The Balaban J connectivity index is 1.30. The molecule has 0 bridgehead atoms. The second-order valence-corrected chi connectivity index (χ2v) is 9.83. The van der Waals surface area contributed by atoms with Gasteiger partial charge in [0.1, 0.15) is 17.3 Å². The van der Waals surface area contributed by atoms with Gasteiger partial charge in [0, 0.05) is 43.4 Å². The van der Waals surface area contributed by atoms with Crippen LogP contribution in [0.2, 0.25) is 0 Å². The van der Waals surface area contributed by atoms with Crippen molar-refractivity contribution in [1.29, 1.82) is 0 Å². The Kier molecular flexibility index (Phi) is 8.36. The van der Waals surface area contributed by atoms with Crippen molar-refractivity contribution >= 4 is 16.6 Å². The summed E-state index contributed by atoms with van der Waals surface area (Å²) >= 11 is 0. The van der Waals surface area contributed by atoms with Gasteiger partial charge in [0.05, 0.1) is 12.6 Å². The van der Waals surface area contributed by atoms with Crippen LogP contribution in [-0.2, 0) is 6.42 Å². The Morgan fingerprint density at radius 1 is 1.11 bits per heavy atom. The lowest BCUT2D eigenvalue weighted by Crippen LogP contribution is -2.43. The smallest absolute Gasteiger partial charge is 0.152 e. The van der Waals surface area contributed by atoms with E-state index in [4.69, 9.17) is 4.74 Å². The molecule has 0 radical (unpaired) electrons. The average Bonchev–Trinajstić information content (AvgIpc) is 2.87. The van der Waals surface area contributed by atoms with E-state index >= 15 is 0 Å². The summed E-state index contributed by atoms with van der Waals surface area (Å²) in [5, 5.41) is 14.1. The minimum absolute atomic E-state index is 0.118. The second-order valence-electron chi connectivity index (χ2n) is 9.83. The van der Waals surface area contributed by atoms with E-state index in [1.165, 1.54) is 5.56 Å². The van der Waals surface area contributed by atoms with Gasteiger partial charge in [-0.15, -0.1) is 0 Å². The van der Waals surface area contributed by atoms with Crippen LogP contribution in [0.4, 0.5) is 18.9 Å². The zero-order valence-electron chi connectivity index (χ0n) is 20.9. The molecule has 2 aromatic carbocycles. The monoisotopic (exact) mass is 501 g/mol. The number of fused-ring (bicyclic) bond motifs is 1. The molecule has 4 rings (SSSR count). The first kappa shape index (κ1) is 26.2. The zero-order valence-corrected chi connectivity index (χ0v) is 20.9. The summed E-state index contributed by atoms with van der Waals surface area (Å²) in [4.78, 5) is 6.77. The number of nitrogens with zero attached hydrogens (tertiary/aromatic N) is 2. The van der Waals surface area contributed by atoms with Crippen molar-refractivity contribution in [3.05, 3.63) is 65.1 Å². The lowest BCUT2D eigenvalue weighted by molar-refractivity contribution is 0.0370. The van der Waals surface area contributed by atoms with Crippen molar-refractivity contribution in [1.82, 2.24) is 9.88 Å². The maximum Gasteiger partial charge on any atom is 0.152 e. The molecule has 2 heterocycles. The standard InChI is InChI=1S/C28H34F3N3O2/c1-19-17-33-26-6-5-21(36-2)16-23(26)22(19)4-3-7-28(18-35)8-11-34(12-9-28)13-10-32-27-24(30)14-20(29)15-25(27)31/h5-6,14-17,32,35H,3-4,7-13,18H2,1-2H3. The lowest BCUT2D eigenvalue weighted by atomic mass is 9.75. The molecule has 0 atom stereocenters. The third-order valence-electron chi connectivity index (χ3n) is 7.52. The number of hydrogen-bond acceptors (Lipinski definition) is 5. The van der Waals surface area contributed by atoms with Gasteiger partial charge in [-0.05, 0) is 86.9 Å². The number of ether oxygens (including phenoxy) is 1. The third-order valence-corrected chi connectivity index (χ3v) is 7.52. The van der Waals surface area contributed by atoms with Crippen LogP contribution in [0.25, 0.3) is 10.9 Å². The van der Waals surface area contributed by atoms with Crippen LogP contribution < -0.4 is 10.1 Å². The molecular formula is C28H34F3N3O2. The van der Waals surface area contributed by atoms with Crippen LogP contribution in [0.1, 0.15) is 36.8 Å². The molecule has 1 saturated heterocycles. The molecule has 8 heteroatoms. The molecular weight excluding hydrogens is 467 g/mol. The summed E-state index contributed by atoms with van der Waals surface area (Å²) in [5.41, 5.74) is 2.97. The van der Waals surface area contributed by atoms with Crippen LogP contribution in [0, 0.1) is 29.8 Å². The summed E-state index contributed by atoms with van der Waals surface area (Å²) in [6.45, 7) is 4.82. The minimum Gasteiger partial charge on any atom is -0.497 e. The summed E-state index contributed by atoms with van der Waals surface area (Å²) in [5.74, 6) is -1.98. The fourth-order valence-electron chi connectivity index (χ4n) is 5.21. The molecule has 1 aliphatic heterocycles. The molecule has 0 aliphatic carbocycles. The first-order valence-corrected chi connectivity index (χ1v) is 12.5. The Bertz CT molecular complexity index is 1170. The van der Waals surface area contributed by atoms with Gasteiger partial charge < -0.3 is 20.1 Å². The van der Waals surface area contributed by atoms with Gasteiger partial charge in [-0.1, -0.05) is 0 Å². The largest absolute Gasteiger partial charge is 0.497 e. The van der Waals surface area contributed by atoms with E-state index in [2.05, 4.69) is 22.1 Å². The van der Waals surface area contributed by atoms with Crippen LogP contribution in [0.15, 0.2) is 36.5 Å². The predicted molar refractivity (Wildman–Crippen MR) is 136 cm³/mol. The van der Waals surface area contributed by atoms with Crippen LogP contribution in [0.5, 0.6) is 5.75 Å². The van der Waals surface area contributed by atoms with Gasteiger partial charge in [0.2, 0.25) is 0 Å². The van der Waals surface area contributed by atoms with E-state index in [1.54, 1.807) is 7.11 Å². The molecule has 1 fully saturated rings. The van der Waals surface area contributed by atoms with Gasteiger partial charge in [-0.25, -0.2) is 13.2 Å². The van der Waals surface area contributed by atoms with Crippen molar-refractivity contribution in [2.75, 3.05) is 45.2 Å². The molecule has 36 heavy (non-hydrogen) atoms. The third kappa shape index (κ3) is 5.93. The Hall–Kier alpha value is -2.84. The molecule has 1 aromatic heterocycles. The SMILES string of the molecule is COc1ccc2ncc(C)c(CCCC3(CO)CCN(CCNc4c(F)cc(F)cc4F)CC3)c2c1. The molecule has 2 N–H and O–H groups in total. The number of pyridine rings is 1. The van der Waals surface area contributed by atoms with Gasteiger partial charge in [0.25, 0.3) is 0 Å². The number of nitrogens with one attached hydrogen (secondary N) is 1. The fraction of sp³-hybridized carbons (Fsp3) is 0.464. The number of aliphatic hydroxyl groups is 1. The highest BCUT2D eigenvalue weighted by Crippen LogP contribution is 2.37. The molecule has 0 amide bonds. The summed E-state index contributed by atoms with van der Waals surface area (Å²) in [6.07, 6.45) is 6.45. The molecule has 0 saturated carbocycles. The van der Waals surface area contributed by atoms with E-state index in [9.17, 15) is 18.3 Å². The van der Waals surface area contributed by atoms with E-state index in [0.717, 1.165) is 67.4 Å². The number of aromatic nitrogens is 1. The number of aryl methyl sites for hydroxylation is 2. The number of hydrogen-bond donors (Lipinski definition) is 2. The number of piperidine rings is 1. The summed E-state index contributed by atoms with van der Waals surface area (Å²) in [7, 11) is 1.66. The first-order chi connectivity index (χ1) is 17.3. The number of methoxy groups -OCH3 is 1. The fourth-order valence-corrected chi connectivity index (χ4v) is 5.21. The van der Waals surface area contributed by atoms with Crippen LogP contribution >= 0.6 is 0 Å². The second kappa shape index (κ2) is 11.5. The highest BCUT2D eigenvalue weighted by Gasteiger charge is 2.33. The van der Waals surface area contributed by atoms with Crippen molar-refractivity contribution in [3.8, 4) is 5.75 Å². The topological polar surface area (TPSA) is 57.6 Å². The minimum atomic E-state index is -0.932. The van der Waals surface area contributed by atoms with Gasteiger partial charge in [-0.3, -0.25) is 4.98 Å². The van der Waals surface area contributed by atoms with E-state index < -0.39 is 17.5 Å². The normalized spacial score (nSPS) is 15.8. The molecule has 1 aliphatic rings. The zero-order chi connectivity index (χ0) is 25.7. The van der Waals surface area contributed by atoms with Crippen molar-refractivity contribution in [3.63, 3.8) is 0 Å². The molecule has 0 unspecified atom stereocenters. The Morgan fingerprint density at radius 2 is 1.83 bits per heavy atom.